The van der Waals surface area contributed by atoms with E-state index in [-0.39, 0.29) is 20.1 Å². The van der Waals surface area contributed by atoms with Crippen molar-refractivity contribution in [3.63, 3.8) is 0 Å². The number of hydrogen-bond donors (Lipinski definition) is 2. The summed E-state index contributed by atoms with van der Waals surface area (Å²) in [5, 5.41) is 10.8. The predicted octanol–water partition coefficient (Wildman–Crippen LogP) is 1.37. The van der Waals surface area contributed by atoms with Crippen LogP contribution in [0, 0.1) is 10.1 Å². The Morgan fingerprint density at radius 1 is 1.50 bits per heavy atom. The van der Waals surface area contributed by atoms with Crippen molar-refractivity contribution in [2.75, 3.05) is 29.5 Å². The minimum absolute atomic E-state index is 0.0991. The molecule has 1 fully saturated rings. The van der Waals surface area contributed by atoms with Crippen LogP contribution >= 0.6 is 34.9 Å². The van der Waals surface area contributed by atoms with Gasteiger partial charge in [-0.2, -0.15) is 23.5 Å². The van der Waals surface area contributed by atoms with Gasteiger partial charge in [0.25, 0.3) is 0 Å². The summed E-state index contributed by atoms with van der Waals surface area (Å²) in [6.45, 7) is 0.325. The van der Waals surface area contributed by atoms with Crippen LogP contribution in [0.3, 0.4) is 0 Å². The Bertz CT molecular complexity index is 594. The van der Waals surface area contributed by atoms with Gasteiger partial charge in [-0.05, 0) is 0 Å². The zero-order valence-corrected chi connectivity index (χ0v) is 13.5. The number of thioether (sulfide) groups is 2. The van der Waals surface area contributed by atoms with Crippen LogP contribution in [0.4, 0.5) is 10.7 Å². The molecule has 0 amide bonds. The second kappa shape index (κ2) is 6.52. The molecule has 1 saturated heterocycles. The van der Waals surface area contributed by atoms with Crippen molar-refractivity contribution in [1.29, 1.82) is 0 Å². The van der Waals surface area contributed by atoms with Gasteiger partial charge in [0.15, 0.2) is 5.00 Å². The van der Waals surface area contributed by atoms with Gasteiger partial charge in [0.1, 0.15) is 4.21 Å². The summed E-state index contributed by atoms with van der Waals surface area (Å²) in [4.78, 5) is 10.00. The summed E-state index contributed by atoms with van der Waals surface area (Å²) in [6, 6.07) is 1.01. The normalized spacial score (nSPS) is 19.9. The molecule has 3 N–H and O–H groups in total. The zero-order chi connectivity index (χ0) is 14.8. The van der Waals surface area contributed by atoms with E-state index in [1.807, 2.05) is 0 Å². The van der Waals surface area contributed by atoms with E-state index in [0.29, 0.717) is 17.9 Å². The number of nitrogens with two attached hydrogens (primary N) is 1. The monoisotopic (exact) mass is 355 g/mol. The average molecular weight is 355 g/mol. The Hall–Kier alpha value is -0.490. The molecule has 0 bridgehead atoms. The van der Waals surface area contributed by atoms with Crippen molar-refractivity contribution >= 4 is 55.6 Å². The van der Waals surface area contributed by atoms with Crippen LogP contribution in [0.2, 0.25) is 0 Å². The van der Waals surface area contributed by atoms with Crippen molar-refractivity contribution in [2.45, 2.75) is 9.46 Å². The number of nitro groups is 1. The van der Waals surface area contributed by atoms with Crippen LogP contribution in [-0.2, 0) is 10.0 Å². The SMILES string of the molecule is Nc1sc(S(=O)(=O)NCC2CSCCS2)cc1[N+](=O)[O-]. The van der Waals surface area contributed by atoms with Gasteiger partial charge in [-0.1, -0.05) is 11.3 Å². The van der Waals surface area contributed by atoms with Gasteiger partial charge in [0.05, 0.1) is 4.92 Å². The number of nitrogens with one attached hydrogen (secondary N) is 1. The second-order valence-corrected chi connectivity index (χ2v) is 9.63. The summed E-state index contributed by atoms with van der Waals surface area (Å²) in [6.07, 6.45) is 0. The quantitative estimate of drug-likeness (QED) is 0.605. The van der Waals surface area contributed by atoms with E-state index in [2.05, 4.69) is 4.72 Å². The lowest BCUT2D eigenvalue weighted by Crippen LogP contribution is -2.33. The van der Waals surface area contributed by atoms with E-state index in [4.69, 9.17) is 5.73 Å². The maximum atomic E-state index is 12.1. The molecule has 1 unspecified atom stereocenters. The van der Waals surface area contributed by atoms with Crippen LogP contribution < -0.4 is 10.5 Å². The minimum atomic E-state index is -3.73. The molecule has 2 heterocycles. The first-order valence-corrected chi connectivity index (χ1v) is 10.1. The molecule has 1 aliphatic rings. The molecule has 1 aliphatic heterocycles. The lowest BCUT2D eigenvalue weighted by Gasteiger charge is -2.20. The standard InChI is InChI=1S/C9H13N3O4S4/c10-9-7(12(13)14)3-8(19-9)20(15,16)11-4-6-5-17-1-2-18-6/h3,6,11H,1-2,4-5,10H2. The summed E-state index contributed by atoms with van der Waals surface area (Å²) >= 11 is 4.24. The van der Waals surface area contributed by atoms with Crippen molar-refractivity contribution in [3.05, 3.63) is 16.2 Å². The van der Waals surface area contributed by atoms with Crippen LogP contribution in [0.1, 0.15) is 0 Å². The van der Waals surface area contributed by atoms with Crippen LogP contribution in [0.5, 0.6) is 0 Å². The number of nitrogens with zero attached hydrogens (tertiary/aromatic N) is 1. The lowest BCUT2D eigenvalue weighted by molar-refractivity contribution is -0.383. The molecule has 20 heavy (non-hydrogen) atoms. The average Bonchev–Trinajstić information content (AvgIpc) is 2.81. The molecule has 0 radical (unpaired) electrons. The molecule has 0 aliphatic carbocycles. The Labute approximate surface area is 128 Å². The first kappa shape index (κ1) is 15.9. The van der Waals surface area contributed by atoms with Gasteiger partial charge in [-0.25, -0.2) is 13.1 Å². The Morgan fingerprint density at radius 2 is 2.25 bits per heavy atom. The third-order valence-electron chi connectivity index (χ3n) is 2.57. The molecular weight excluding hydrogens is 342 g/mol. The van der Waals surface area contributed by atoms with E-state index >= 15 is 0 Å². The Kier molecular flexibility index (Phi) is 5.18. The highest BCUT2D eigenvalue weighted by Gasteiger charge is 2.25. The third kappa shape index (κ3) is 3.79. The highest BCUT2D eigenvalue weighted by molar-refractivity contribution is 8.06. The van der Waals surface area contributed by atoms with Gasteiger partial charge in [-0.15, -0.1) is 0 Å². The van der Waals surface area contributed by atoms with Crippen molar-refractivity contribution in [2.24, 2.45) is 0 Å². The predicted molar refractivity (Wildman–Crippen MR) is 84.1 cm³/mol. The molecule has 0 aromatic carbocycles. The molecule has 1 aromatic heterocycles. The Balaban J connectivity index is 2.06. The third-order valence-corrected chi connectivity index (χ3v) is 8.26. The first-order valence-electron chi connectivity index (χ1n) is 5.63. The summed E-state index contributed by atoms with van der Waals surface area (Å²) in [5.74, 6) is 3.00. The van der Waals surface area contributed by atoms with Crippen molar-refractivity contribution < 1.29 is 13.3 Å². The second-order valence-electron chi connectivity index (χ2n) is 3.99. The molecule has 1 aromatic rings. The molecule has 11 heteroatoms. The molecule has 112 valence electrons. The fourth-order valence-electron chi connectivity index (χ4n) is 1.58. The number of nitrogen functional groups attached to an aromatic ring is 1. The van der Waals surface area contributed by atoms with Gasteiger partial charge in [0.2, 0.25) is 10.0 Å². The molecule has 2 rings (SSSR count). The van der Waals surface area contributed by atoms with E-state index < -0.39 is 14.9 Å². The van der Waals surface area contributed by atoms with E-state index in [9.17, 15) is 18.5 Å². The fourth-order valence-corrected chi connectivity index (χ4v) is 6.63. The largest absolute Gasteiger partial charge is 0.385 e. The van der Waals surface area contributed by atoms with Crippen LogP contribution in [0.15, 0.2) is 10.3 Å². The smallest absolute Gasteiger partial charge is 0.304 e. The van der Waals surface area contributed by atoms with E-state index in [1.165, 1.54) is 0 Å². The van der Waals surface area contributed by atoms with Crippen molar-refractivity contribution in [1.82, 2.24) is 4.72 Å². The highest BCUT2D eigenvalue weighted by Crippen LogP contribution is 2.34. The van der Waals surface area contributed by atoms with Crippen molar-refractivity contribution in [3.8, 4) is 0 Å². The number of anilines is 1. The van der Waals surface area contributed by atoms with E-state index in [1.54, 1.807) is 23.5 Å². The molecule has 7 nitrogen and oxygen atoms in total. The topological polar surface area (TPSA) is 115 Å². The van der Waals surface area contributed by atoms with E-state index in [0.717, 1.165) is 23.3 Å². The van der Waals surface area contributed by atoms with Gasteiger partial charge >= 0.3 is 5.69 Å². The van der Waals surface area contributed by atoms with Gasteiger partial charge in [0, 0.05) is 35.1 Å². The maximum Gasteiger partial charge on any atom is 0.304 e. The zero-order valence-electron chi connectivity index (χ0n) is 10.3. The Morgan fingerprint density at radius 3 is 2.80 bits per heavy atom. The van der Waals surface area contributed by atoms with Gasteiger partial charge < -0.3 is 5.73 Å². The summed E-state index contributed by atoms with van der Waals surface area (Å²) < 4.78 is 26.5. The number of thiophene rings is 1. The highest BCUT2D eigenvalue weighted by atomic mass is 32.2. The molecule has 0 spiro atoms. The number of hydrogen-bond acceptors (Lipinski definition) is 8. The maximum absolute atomic E-state index is 12.1. The lowest BCUT2D eigenvalue weighted by atomic mass is 10.5. The number of sulfonamides is 1. The summed E-state index contributed by atoms with van der Waals surface area (Å²) in [5.41, 5.74) is 5.09. The van der Waals surface area contributed by atoms with Crippen LogP contribution in [-0.4, -0.2) is 42.4 Å². The van der Waals surface area contributed by atoms with Gasteiger partial charge in [-0.3, -0.25) is 10.1 Å². The molecule has 1 atom stereocenters. The molecule has 0 saturated carbocycles. The number of rotatable bonds is 5. The van der Waals surface area contributed by atoms with Crippen LogP contribution in [0.25, 0.3) is 0 Å². The summed E-state index contributed by atoms with van der Waals surface area (Å²) in [7, 11) is -3.73. The molecular formula is C9H13N3O4S4. The fraction of sp³-hybridized carbons (Fsp3) is 0.556. The first-order chi connectivity index (χ1) is 9.40. The minimum Gasteiger partial charge on any atom is -0.385 e.